The quantitative estimate of drug-likeness (QED) is 0.864. The summed E-state index contributed by atoms with van der Waals surface area (Å²) in [6.07, 6.45) is 0. The Labute approximate surface area is 113 Å². The molecule has 1 atom stereocenters. The first kappa shape index (κ1) is 13.2. The zero-order valence-corrected chi connectivity index (χ0v) is 11.4. The predicted octanol–water partition coefficient (Wildman–Crippen LogP) is 4.42. The molecule has 2 aromatic rings. The van der Waals surface area contributed by atoms with Gasteiger partial charge in [0.15, 0.2) is 5.22 Å². The molecule has 0 aliphatic rings. The van der Waals surface area contributed by atoms with Gasteiger partial charge in [-0.2, -0.15) is 0 Å². The predicted molar refractivity (Wildman–Crippen MR) is 74.6 cm³/mol. The largest absolute Gasteiger partial charge is 0.448 e. The van der Waals surface area contributed by atoms with E-state index in [1.807, 2.05) is 12.1 Å². The average molecular weight is 264 g/mol. The van der Waals surface area contributed by atoms with Gasteiger partial charge in [0.1, 0.15) is 5.76 Å². The Kier molecular flexibility index (Phi) is 4.45. The summed E-state index contributed by atoms with van der Waals surface area (Å²) in [5.41, 5.74) is 1.30. The fourth-order valence-electron chi connectivity index (χ4n) is 2.06. The molecule has 0 spiro atoms. The standard InChI is InChI=1S/C15H18ClNO/c1-11(2)15(12-6-4-3-5-7-12)17-10-13-8-9-14(16)18-13/h3-9,11,15,17H,10H2,1-2H3. The van der Waals surface area contributed by atoms with Gasteiger partial charge < -0.3 is 9.73 Å². The van der Waals surface area contributed by atoms with Crippen LogP contribution < -0.4 is 5.32 Å². The van der Waals surface area contributed by atoms with Crippen molar-refractivity contribution in [1.29, 1.82) is 0 Å². The van der Waals surface area contributed by atoms with Crippen LogP contribution in [0.1, 0.15) is 31.2 Å². The van der Waals surface area contributed by atoms with Crippen molar-refractivity contribution in [3.63, 3.8) is 0 Å². The molecule has 0 saturated heterocycles. The number of benzene rings is 1. The van der Waals surface area contributed by atoms with Crippen LogP contribution in [0.5, 0.6) is 0 Å². The van der Waals surface area contributed by atoms with E-state index in [1.165, 1.54) is 5.56 Å². The zero-order chi connectivity index (χ0) is 13.0. The van der Waals surface area contributed by atoms with Crippen LogP contribution in [0.4, 0.5) is 0 Å². The van der Waals surface area contributed by atoms with E-state index in [1.54, 1.807) is 6.07 Å². The van der Waals surface area contributed by atoms with Gasteiger partial charge in [0.05, 0.1) is 6.54 Å². The number of hydrogen-bond donors (Lipinski definition) is 1. The molecule has 1 unspecified atom stereocenters. The van der Waals surface area contributed by atoms with E-state index >= 15 is 0 Å². The summed E-state index contributed by atoms with van der Waals surface area (Å²) >= 11 is 5.76. The highest BCUT2D eigenvalue weighted by molar-refractivity contribution is 6.28. The molecule has 2 rings (SSSR count). The summed E-state index contributed by atoms with van der Waals surface area (Å²) in [4.78, 5) is 0. The molecule has 0 fully saturated rings. The summed E-state index contributed by atoms with van der Waals surface area (Å²) in [5.74, 6) is 1.37. The highest BCUT2D eigenvalue weighted by atomic mass is 35.5. The van der Waals surface area contributed by atoms with E-state index in [0.29, 0.717) is 23.7 Å². The smallest absolute Gasteiger partial charge is 0.193 e. The van der Waals surface area contributed by atoms with Gasteiger partial charge in [-0.25, -0.2) is 0 Å². The summed E-state index contributed by atoms with van der Waals surface area (Å²) in [6, 6.07) is 14.4. The molecular weight excluding hydrogens is 246 g/mol. The van der Waals surface area contributed by atoms with Gasteiger partial charge in [-0.05, 0) is 35.2 Å². The maximum atomic E-state index is 5.76. The summed E-state index contributed by atoms with van der Waals surface area (Å²) < 4.78 is 5.35. The van der Waals surface area contributed by atoms with E-state index in [9.17, 15) is 0 Å². The summed E-state index contributed by atoms with van der Waals surface area (Å²) in [7, 11) is 0. The molecule has 0 bridgehead atoms. The molecule has 0 aliphatic heterocycles. The van der Waals surface area contributed by atoms with Gasteiger partial charge in [-0.1, -0.05) is 44.2 Å². The van der Waals surface area contributed by atoms with Crippen molar-refractivity contribution in [1.82, 2.24) is 5.32 Å². The van der Waals surface area contributed by atoms with Crippen molar-refractivity contribution in [2.24, 2.45) is 5.92 Å². The molecule has 3 heteroatoms. The van der Waals surface area contributed by atoms with Gasteiger partial charge in [-0.15, -0.1) is 0 Å². The number of hydrogen-bond acceptors (Lipinski definition) is 2. The lowest BCUT2D eigenvalue weighted by atomic mass is 9.96. The first-order valence-electron chi connectivity index (χ1n) is 6.19. The normalized spacial score (nSPS) is 12.9. The molecule has 2 nitrogen and oxygen atoms in total. The molecular formula is C15H18ClNO. The fraction of sp³-hybridized carbons (Fsp3) is 0.333. The first-order chi connectivity index (χ1) is 8.66. The third-order valence-corrected chi connectivity index (χ3v) is 3.15. The van der Waals surface area contributed by atoms with Crippen LogP contribution in [-0.2, 0) is 6.54 Å². The second-order valence-corrected chi connectivity index (χ2v) is 5.09. The van der Waals surface area contributed by atoms with Crippen LogP contribution in [0.2, 0.25) is 5.22 Å². The summed E-state index contributed by atoms with van der Waals surface area (Å²) in [5, 5.41) is 3.95. The number of rotatable bonds is 5. The third kappa shape index (κ3) is 3.37. The van der Waals surface area contributed by atoms with Crippen LogP contribution in [-0.4, -0.2) is 0 Å². The minimum absolute atomic E-state index is 0.315. The van der Waals surface area contributed by atoms with Crippen LogP contribution >= 0.6 is 11.6 Å². The van der Waals surface area contributed by atoms with E-state index in [0.717, 1.165) is 5.76 Å². The highest BCUT2D eigenvalue weighted by Crippen LogP contribution is 2.22. The van der Waals surface area contributed by atoms with Crippen molar-refractivity contribution in [2.75, 3.05) is 0 Å². The molecule has 0 radical (unpaired) electrons. The molecule has 1 heterocycles. The Morgan fingerprint density at radius 3 is 2.39 bits per heavy atom. The lowest BCUT2D eigenvalue weighted by molar-refractivity contribution is 0.384. The van der Waals surface area contributed by atoms with Crippen molar-refractivity contribution >= 4 is 11.6 Å². The number of halogens is 1. The van der Waals surface area contributed by atoms with E-state index < -0.39 is 0 Å². The zero-order valence-electron chi connectivity index (χ0n) is 10.7. The van der Waals surface area contributed by atoms with Gasteiger partial charge in [0.25, 0.3) is 0 Å². The molecule has 1 N–H and O–H groups in total. The Hall–Kier alpha value is -1.25. The SMILES string of the molecule is CC(C)C(NCc1ccc(Cl)o1)c1ccccc1. The van der Waals surface area contributed by atoms with Crippen LogP contribution in [0, 0.1) is 5.92 Å². The molecule has 0 saturated carbocycles. The van der Waals surface area contributed by atoms with Crippen molar-refractivity contribution in [3.05, 3.63) is 59.0 Å². The minimum atomic E-state index is 0.315. The molecule has 0 aliphatic carbocycles. The number of furan rings is 1. The topological polar surface area (TPSA) is 25.2 Å². The molecule has 1 aromatic carbocycles. The maximum Gasteiger partial charge on any atom is 0.193 e. The molecule has 96 valence electrons. The van der Waals surface area contributed by atoms with Gasteiger partial charge >= 0.3 is 0 Å². The Bertz CT molecular complexity index is 478. The van der Waals surface area contributed by atoms with E-state index in [2.05, 4.69) is 43.4 Å². The second kappa shape index (κ2) is 6.07. The monoisotopic (exact) mass is 263 g/mol. The lowest BCUT2D eigenvalue weighted by Gasteiger charge is -2.22. The fourth-order valence-corrected chi connectivity index (χ4v) is 2.22. The van der Waals surface area contributed by atoms with E-state index in [-0.39, 0.29) is 0 Å². The Balaban J connectivity index is 2.03. The minimum Gasteiger partial charge on any atom is -0.448 e. The maximum absolute atomic E-state index is 5.76. The molecule has 1 aromatic heterocycles. The van der Waals surface area contributed by atoms with Crippen molar-refractivity contribution in [3.8, 4) is 0 Å². The molecule has 0 amide bonds. The van der Waals surface area contributed by atoms with Crippen molar-refractivity contribution in [2.45, 2.75) is 26.4 Å². The average Bonchev–Trinajstić information content (AvgIpc) is 2.76. The third-order valence-electron chi connectivity index (χ3n) is 2.95. The van der Waals surface area contributed by atoms with Crippen LogP contribution in [0.15, 0.2) is 46.9 Å². The van der Waals surface area contributed by atoms with Crippen LogP contribution in [0.3, 0.4) is 0 Å². The Morgan fingerprint density at radius 2 is 1.83 bits per heavy atom. The summed E-state index contributed by atoms with van der Waals surface area (Å²) in [6.45, 7) is 5.10. The first-order valence-corrected chi connectivity index (χ1v) is 6.57. The van der Waals surface area contributed by atoms with Crippen LogP contribution in [0.25, 0.3) is 0 Å². The highest BCUT2D eigenvalue weighted by Gasteiger charge is 2.15. The van der Waals surface area contributed by atoms with Gasteiger partial charge in [0, 0.05) is 6.04 Å². The van der Waals surface area contributed by atoms with E-state index in [4.69, 9.17) is 16.0 Å². The Morgan fingerprint density at radius 1 is 1.11 bits per heavy atom. The second-order valence-electron chi connectivity index (χ2n) is 4.72. The van der Waals surface area contributed by atoms with Gasteiger partial charge in [-0.3, -0.25) is 0 Å². The van der Waals surface area contributed by atoms with Crippen molar-refractivity contribution < 1.29 is 4.42 Å². The van der Waals surface area contributed by atoms with Gasteiger partial charge in [0.2, 0.25) is 0 Å². The molecule has 18 heavy (non-hydrogen) atoms. The lowest BCUT2D eigenvalue weighted by Crippen LogP contribution is -2.25. The number of nitrogens with one attached hydrogen (secondary N) is 1.